The molecule has 142 valence electrons. The second-order valence-corrected chi connectivity index (χ2v) is 7.66. The predicted octanol–water partition coefficient (Wildman–Crippen LogP) is 4.00. The van der Waals surface area contributed by atoms with E-state index in [1.165, 1.54) is 0 Å². The first-order valence-electron chi connectivity index (χ1n) is 8.97. The number of phenolic OH excluding ortho intramolecular Hbond substituents is 1. The minimum Gasteiger partial charge on any atom is -0.508 e. The van der Waals surface area contributed by atoms with Crippen LogP contribution in [0.3, 0.4) is 0 Å². The molecule has 0 bridgehead atoms. The first-order valence-corrected chi connectivity index (χ1v) is 8.97. The van der Waals surface area contributed by atoms with Crippen LogP contribution in [0, 0.1) is 0 Å². The van der Waals surface area contributed by atoms with Gasteiger partial charge in [0, 0.05) is 16.9 Å². The number of amides is 1. The van der Waals surface area contributed by atoms with Gasteiger partial charge in [-0.3, -0.25) is 9.89 Å². The summed E-state index contributed by atoms with van der Waals surface area (Å²) in [7, 11) is 0. The molecule has 28 heavy (non-hydrogen) atoms. The zero-order valence-electron chi connectivity index (χ0n) is 15.9. The number of fused-ring (bicyclic) bond motifs is 1. The number of hydrogen-bond donors (Lipinski definition) is 3. The van der Waals surface area contributed by atoms with Crippen molar-refractivity contribution in [2.75, 3.05) is 5.32 Å². The van der Waals surface area contributed by atoms with Crippen LogP contribution in [-0.2, 0) is 5.41 Å². The van der Waals surface area contributed by atoms with Gasteiger partial charge >= 0.3 is 0 Å². The Hall–Kier alpha value is -3.61. The van der Waals surface area contributed by atoms with Crippen LogP contribution in [0.1, 0.15) is 37.0 Å². The predicted molar refractivity (Wildman–Crippen MR) is 108 cm³/mol. The van der Waals surface area contributed by atoms with Crippen molar-refractivity contribution >= 4 is 22.6 Å². The molecule has 4 aromatic rings. The standard InChI is InChI=1S/C21H21N5O2/c1-21(2,3)17-12-18(26(25-17)13-8-10-14(27)11-9-13)22-20(28)19-15-6-4-5-7-16(15)23-24-19/h4-12,27H,1-3H3,(H,22,28)(H,23,24). The van der Waals surface area contributed by atoms with Crippen LogP contribution in [-0.4, -0.2) is 31.0 Å². The molecule has 0 saturated carbocycles. The van der Waals surface area contributed by atoms with Crippen molar-refractivity contribution in [3.63, 3.8) is 0 Å². The maximum Gasteiger partial charge on any atom is 0.277 e. The van der Waals surface area contributed by atoms with Gasteiger partial charge in [-0.1, -0.05) is 39.0 Å². The van der Waals surface area contributed by atoms with E-state index in [1.807, 2.05) is 30.3 Å². The van der Waals surface area contributed by atoms with E-state index in [1.54, 1.807) is 28.9 Å². The van der Waals surface area contributed by atoms with E-state index in [9.17, 15) is 9.90 Å². The summed E-state index contributed by atoms with van der Waals surface area (Å²) >= 11 is 0. The third-order valence-corrected chi connectivity index (χ3v) is 4.50. The highest BCUT2D eigenvalue weighted by Crippen LogP contribution is 2.27. The summed E-state index contributed by atoms with van der Waals surface area (Å²) in [4.78, 5) is 12.9. The van der Waals surface area contributed by atoms with Crippen molar-refractivity contribution in [2.24, 2.45) is 0 Å². The molecule has 4 rings (SSSR count). The van der Waals surface area contributed by atoms with Gasteiger partial charge in [0.25, 0.3) is 5.91 Å². The lowest BCUT2D eigenvalue weighted by Gasteiger charge is -2.14. The molecule has 0 atom stereocenters. The summed E-state index contributed by atoms with van der Waals surface area (Å²) < 4.78 is 1.66. The SMILES string of the molecule is CC(C)(C)c1cc(NC(=O)c2n[nH]c3ccccc23)n(-c2ccc(O)cc2)n1. The van der Waals surface area contributed by atoms with Gasteiger partial charge in [-0.05, 0) is 30.3 Å². The largest absolute Gasteiger partial charge is 0.508 e. The summed E-state index contributed by atoms with van der Waals surface area (Å²) in [5.41, 5.74) is 2.50. The highest BCUT2D eigenvalue weighted by Gasteiger charge is 2.23. The lowest BCUT2D eigenvalue weighted by Crippen LogP contribution is -2.16. The number of nitrogens with zero attached hydrogens (tertiary/aromatic N) is 3. The monoisotopic (exact) mass is 375 g/mol. The highest BCUT2D eigenvalue weighted by molar-refractivity contribution is 6.10. The number of aromatic nitrogens is 4. The number of nitrogens with one attached hydrogen (secondary N) is 2. The van der Waals surface area contributed by atoms with E-state index in [-0.39, 0.29) is 17.1 Å². The van der Waals surface area contributed by atoms with E-state index < -0.39 is 0 Å². The number of hydrogen-bond acceptors (Lipinski definition) is 4. The number of para-hydroxylation sites is 1. The fraction of sp³-hybridized carbons (Fsp3) is 0.190. The Morgan fingerprint density at radius 3 is 2.54 bits per heavy atom. The maximum atomic E-state index is 12.9. The molecule has 0 aliphatic heterocycles. The molecule has 0 unspecified atom stereocenters. The average molecular weight is 375 g/mol. The Kier molecular flexibility index (Phi) is 4.15. The summed E-state index contributed by atoms with van der Waals surface area (Å²) in [6.07, 6.45) is 0. The van der Waals surface area contributed by atoms with E-state index in [0.717, 1.165) is 22.3 Å². The third-order valence-electron chi connectivity index (χ3n) is 4.50. The van der Waals surface area contributed by atoms with Gasteiger partial charge in [0.2, 0.25) is 0 Å². The van der Waals surface area contributed by atoms with Crippen molar-refractivity contribution < 1.29 is 9.90 Å². The van der Waals surface area contributed by atoms with Crippen molar-refractivity contribution in [1.82, 2.24) is 20.0 Å². The molecule has 7 nitrogen and oxygen atoms in total. The molecule has 0 aliphatic carbocycles. The first-order chi connectivity index (χ1) is 13.3. The van der Waals surface area contributed by atoms with Crippen LogP contribution in [0.15, 0.2) is 54.6 Å². The summed E-state index contributed by atoms with van der Waals surface area (Å²) in [6.45, 7) is 6.18. The molecule has 0 fully saturated rings. The highest BCUT2D eigenvalue weighted by atomic mass is 16.3. The molecular weight excluding hydrogens is 354 g/mol. The minimum absolute atomic E-state index is 0.167. The Balaban J connectivity index is 1.74. The second kappa shape index (κ2) is 6.53. The van der Waals surface area contributed by atoms with Crippen LogP contribution >= 0.6 is 0 Å². The quantitative estimate of drug-likeness (QED) is 0.504. The summed E-state index contributed by atoms with van der Waals surface area (Å²) in [5, 5.41) is 25.0. The second-order valence-electron chi connectivity index (χ2n) is 7.66. The van der Waals surface area contributed by atoms with Crippen molar-refractivity contribution in [2.45, 2.75) is 26.2 Å². The summed E-state index contributed by atoms with van der Waals surface area (Å²) in [6, 6.07) is 16.0. The molecule has 0 radical (unpaired) electrons. The zero-order valence-corrected chi connectivity index (χ0v) is 15.9. The number of H-pyrrole nitrogens is 1. The molecule has 0 spiro atoms. The van der Waals surface area contributed by atoms with Gasteiger partial charge in [0.1, 0.15) is 11.6 Å². The van der Waals surface area contributed by atoms with Crippen LogP contribution in [0.4, 0.5) is 5.82 Å². The number of aromatic hydroxyl groups is 1. The lowest BCUT2D eigenvalue weighted by atomic mass is 9.92. The molecule has 7 heteroatoms. The number of anilines is 1. The van der Waals surface area contributed by atoms with E-state index >= 15 is 0 Å². The Morgan fingerprint density at radius 1 is 1.11 bits per heavy atom. The first kappa shape index (κ1) is 17.8. The molecule has 3 N–H and O–H groups in total. The van der Waals surface area contributed by atoms with E-state index in [2.05, 4.69) is 41.4 Å². The number of benzene rings is 2. The molecular formula is C21H21N5O2. The third kappa shape index (κ3) is 3.22. The molecule has 2 aromatic carbocycles. The lowest BCUT2D eigenvalue weighted by molar-refractivity contribution is 0.102. The van der Waals surface area contributed by atoms with Gasteiger partial charge in [-0.15, -0.1) is 0 Å². The normalized spacial score (nSPS) is 11.7. The number of carbonyl (C=O) groups excluding carboxylic acids is 1. The minimum atomic E-state index is -0.321. The van der Waals surface area contributed by atoms with Crippen LogP contribution in [0.5, 0.6) is 5.75 Å². The van der Waals surface area contributed by atoms with Gasteiger partial charge < -0.3 is 10.4 Å². The van der Waals surface area contributed by atoms with Crippen LogP contribution in [0.25, 0.3) is 16.6 Å². The van der Waals surface area contributed by atoms with Gasteiger partial charge in [0.15, 0.2) is 5.69 Å². The van der Waals surface area contributed by atoms with Gasteiger partial charge in [-0.2, -0.15) is 10.2 Å². The topological polar surface area (TPSA) is 95.8 Å². The Morgan fingerprint density at radius 2 is 1.82 bits per heavy atom. The van der Waals surface area contributed by atoms with Crippen molar-refractivity contribution in [1.29, 1.82) is 0 Å². The zero-order chi connectivity index (χ0) is 19.9. The molecule has 0 saturated heterocycles. The number of carbonyl (C=O) groups is 1. The Labute approximate surface area is 162 Å². The van der Waals surface area contributed by atoms with Crippen molar-refractivity contribution in [3.05, 3.63) is 66.0 Å². The van der Waals surface area contributed by atoms with Gasteiger partial charge in [0.05, 0.1) is 16.9 Å². The fourth-order valence-corrected chi connectivity index (χ4v) is 2.94. The van der Waals surface area contributed by atoms with E-state index in [0.29, 0.717) is 11.5 Å². The summed E-state index contributed by atoms with van der Waals surface area (Å²) in [5.74, 6) is 0.381. The number of rotatable bonds is 3. The van der Waals surface area contributed by atoms with Gasteiger partial charge in [-0.25, -0.2) is 4.68 Å². The molecule has 1 amide bonds. The smallest absolute Gasteiger partial charge is 0.277 e. The molecule has 2 heterocycles. The van der Waals surface area contributed by atoms with Crippen LogP contribution in [0.2, 0.25) is 0 Å². The number of aromatic amines is 1. The Bertz CT molecular complexity index is 1150. The van der Waals surface area contributed by atoms with Crippen LogP contribution < -0.4 is 5.32 Å². The maximum absolute atomic E-state index is 12.9. The fourth-order valence-electron chi connectivity index (χ4n) is 2.94. The molecule has 0 aliphatic rings. The average Bonchev–Trinajstić information content (AvgIpc) is 3.26. The van der Waals surface area contributed by atoms with E-state index in [4.69, 9.17) is 0 Å². The van der Waals surface area contributed by atoms with Crippen molar-refractivity contribution in [3.8, 4) is 11.4 Å². The number of phenols is 1. The molecule has 2 aromatic heterocycles.